The van der Waals surface area contributed by atoms with Crippen LogP contribution in [0.15, 0.2) is 168 Å². The summed E-state index contributed by atoms with van der Waals surface area (Å²) in [6.07, 6.45) is 0. The maximum Gasteiger partial charge on any atom is 0.136 e. The molecule has 12 rings (SSSR count). The van der Waals surface area contributed by atoms with Gasteiger partial charge in [-0.3, -0.25) is 0 Å². The number of fused-ring (bicyclic) bond motifs is 17. The molecule has 11 aromatic rings. The van der Waals surface area contributed by atoms with Gasteiger partial charge >= 0.3 is 0 Å². The highest BCUT2D eigenvalue weighted by atomic mass is 16.3. The molecule has 248 valence electrons. The third kappa shape index (κ3) is 3.77. The van der Waals surface area contributed by atoms with Crippen molar-refractivity contribution in [1.29, 1.82) is 0 Å². The van der Waals surface area contributed by atoms with E-state index in [0.29, 0.717) is 0 Å². The van der Waals surface area contributed by atoms with E-state index in [1.165, 1.54) is 98.3 Å². The van der Waals surface area contributed by atoms with Crippen molar-refractivity contribution in [3.05, 3.63) is 175 Å². The molecule has 0 amide bonds. The molecule has 0 atom stereocenters. The highest BCUT2D eigenvalue weighted by Crippen LogP contribution is 2.56. The molecule has 53 heavy (non-hydrogen) atoms. The van der Waals surface area contributed by atoms with Crippen LogP contribution in [0.3, 0.4) is 0 Å². The topological polar surface area (TPSA) is 18.1 Å². The van der Waals surface area contributed by atoms with E-state index in [9.17, 15) is 0 Å². The summed E-state index contributed by atoms with van der Waals surface area (Å²) in [5, 5.41) is 12.7. The zero-order valence-corrected chi connectivity index (χ0v) is 29.4. The largest absolute Gasteiger partial charge is 0.456 e. The Morgan fingerprint density at radius 2 is 1.04 bits per heavy atom. The van der Waals surface area contributed by atoms with Gasteiger partial charge in [0.15, 0.2) is 0 Å². The van der Waals surface area contributed by atoms with Crippen LogP contribution < -0.4 is 0 Å². The molecular weight excluding hydrogens is 643 g/mol. The Morgan fingerprint density at radius 1 is 0.453 bits per heavy atom. The Hall–Kier alpha value is -6.64. The maximum absolute atomic E-state index is 6.40. The number of hydrogen-bond donors (Lipinski definition) is 0. The smallest absolute Gasteiger partial charge is 0.136 e. The average molecular weight is 676 g/mol. The normalized spacial score (nSPS) is 13.6. The molecular formula is C51H33NO. The van der Waals surface area contributed by atoms with Crippen LogP contribution in [-0.4, -0.2) is 4.57 Å². The summed E-state index contributed by atoms with van der Waals surface area (Å²) < 4.78 is 8.90. The zero-order valence-electron chi connectivity index (χ0n) is 29.4. The second-order valence-corrected chi connectivity index (χ2v) is 15.2. The van der Waals surface area contributed by atoms with E-state index in [0.717, 1.165) is 16.9 Å². The molecule has 0 saturated carbocycles. The fraction of sp³-hybridized carbons (Fsp3) is 0.0588. The second kappa shape index (κ2) is 10.2. The Kier molecular flexibility index (Phi) is 5.60. The summed E-state index contributed by atoms with van der Waals surface area (Å²) >= 11 is 0. The monoisotopic (exact) mass is 675 g/mol. The van der Waals surface area contributed by atoms with Crippen LogP contribution in [0.2, 0.25) is 0 Å². The van der Waals surface area contributed by atoms with Crippen molar-refractivity contribution in [3.63, 3.8) is 0 Å². The number of benzene rings is 9. The third-order valence-electron chi connectivity index (χ3n) is 12.2. The first-order chi connectivity index (χ1) is 26.1. The van der Waals surface area contributed by atoms with E-state index >= 15 is 0 Å². The zero-order chi connectivity index (χ0) is 35.0. The molecule has 0 unspecified atom stereocenters. The quantitative estimate of drug-likeness (QED) is 0.167. The van der Waals surface area contributed by atoms with Gasteiger partial charge in [-0.05, 0) is 102 Å². The van der Waals surface area contributed by atoms with Crippen molar-refractivity contribution >= 4 is 76.1 Å². The lowest BCUT2D eigenvalue weighted by atomic mass is 9.81. The first kappa shape index (κ1) is 29.0. The lowest BCUT2D eigenvalue weighted by molar-refractivity contribution is 0.659. The Labute approximate surface area is 306 Å². The number of hydrogen-bond acceptors (Lipinski definition) is 1. The maximum atomic E-state index is 6.40. The van der Waals surface area contributed by atoms with Crippen LogP contribution in [-0.2, 0) is 5.41 Å². The first-order valence-electron chi connectivity index (χ1n) is 18.5. The van der Waals surface area contributed by atoms with Crippen LogP contribution in [0.5, 0.6) is 0 Å². The van der Waals surface area contributed by atoms with Crippen LogP contribution in [0.4, 0.5) is 0 Å². The van der Waals surface area contributed by atoms with Crippen LogP contribution in [0, 0.1) is 0 Å². The highest BCUT2D eigenvalue weighted by Gasteiger charge is 2.40. The minimum absolute atomic E-state index is 0.221. The van der Waals surface area contributed by atoms with Crippen molar-refractivity contribution < 1.29 is 4.42 Å². The molecule has 0 saturated heterocycles. The lowest BCUT2D eigenvalue weighted by Crippen LogP contribution is -2.16. The van der Waals surface area contributed by atoms with Crippen LogP contribution >= 0.6 is 0 Å². The summed E-state index contributed by atoms with van der Waals surface area (Å²) in [7, 11) is 0. The molecule has 0 radical (unpaired) electrons. The van der Waals surface area contributed by atoms with Gasteiger partial charge in [0.05, 0.1) is 11.0 Å². The van der Waals surface area contributed by atoms with E-state index in [1.807, 2.05) is 0 Å². The van der Waals surface area contributed by atoms with Gasteiger partial charge in [-0.15, -0.1) is 0 Å². The number of rotatable bonds is 2. The molecule has 0 bridgehead atoms. The number of nitrogens with zero attached hydrogens (tertiary/aromatic N) is 1. The summed E-state index contributed by atoms with van der Waals surface area (Å²) in [5.74, 6) is 0. The van der Waals surface area contributed by atoms with E-state index < -0.39 is 0 Å². The van der Waals surface area contributed by atoms with Crippen LogP contribution in [0.25, 0.3) is 104 Å². The van der Waals surface area contributed by atoms with E-state index in [1.54, 1.807) is 0 Å². The predicted molar refractivity (Wildman–Crippen MR) is 224 cm³/mol. The van der Waals surface area contributed by atoms with Gasteiger partial charge in [0.25, 0.3) is 0 Å². The number of aromatic nitrogens is 1. The Balaban J connectivity index is 1.08. The SMILES string of the molecule is CC1(C)c2ccc3oc4ccccc4c3c2-c2ccc3c4ccccc4n(-c4ccc(-c5ccc6c7ccccc7c7ccccc7c6c5)cc4)c3c21. The van der Waals surface area contributed by atoms with Gasteiger partial charge in [0.2, 0.25) is 0 Å². The van der Waals surface area contributed by atoms with Crippen LogP contribution in [0.1, 0.15) is 25.0 Å². The molecule has 0 N–H and O–H groups in total. The van der Waals surface area contributed by atoms with Gasteiger partial charge in [-0.25, -0.2) is 0 Å². The van der Waals surface area contributed by atoms with Gasteiger partial charge in [-0.1, -0.05) is 141 Å². The fourth-order valence-electron chi connectivity index (χ4n) is 9.81. The molecule has 2 nitrogen and oxygen atoms in total. The minimum atomic E-state index is -0.221. The Bertz CT molecular complexity index is 3320. The van der Waals surface area contributed by atoms with E-state index in [-0.39, 0.29) is 5.41 Å². The minimum Gasteiger partial charge on any atom is -0.456 e. The second-order valence-electron chi connectivity index (χ2n) is 15.2. The molecule has 2 aromatic heterocycles. The van der Waals surface area contributed by atoms with E-state index in [2.05, 4.69) is 182 Å². The third-order valence-corrected chi connectivity index (χ3v) is 12.2. The van der Waals surface area contributed by atoms with Gasteiger partial charge in [0.1, 0.15) is 11.2 Å². The molecule has 0 fully saturated rings. The molecule has 0 aliphatic heterocycles. The predicted octanol–water partition coefficient (Wildman–Crippen LogP) is 14.1. The molecule has 0 spiro atoms. The van der Waals surface area contributed by atoms with Crippen molar-refractivity contribution in [3.8, 4) is 27.9 Å². The number of furan rings is 1. The molecule has 9 aromatic carbocycles. The molecule has 1 aliphatic carbocycles. The standard InChI is InChI=1S/C51H33NO/c1-51(2)43-27-28-46-48(40-16-8-10-18-45(40)53-46)47(43)41-26-25-39-38-15-7-9-17-44(38)52(50(39)49(41)51)32-22-19-30(20-23-32)31-21-24-37-35-13-4-3-11-33(35)34-12-5-6-14-36(34)42(37)29-31/h3-29H,1-2H3. The van der Waals surface area contributed by atoms with E-state index in [4.69, 9.17) is 4.42 Å². The van der Waals surface area contributed by atoms with Crippen molar-refractivity contribution in [2.75, 3.05) is 0 Å². The summed E-state index contributed by atoms with van der Waals surface area (Å²) in [5.41, 5.74) is 13.1. The fourth-order valence-corrected chi connectivity index (χ4v) is 9.81. The summed E-state index contributed by atoms with van der Waals surface area (Å²) in [6.45, 7) is 4.78. The summed E-state index contributed by atoms with van der Waals surface area (Å²) in [6, 6.07) is 60.3. The van der Waals surface area contributed by atoms with Crippen molar-refractivity contribution in [1.82, 2.24) is 4.57 Å². The first-order valence-corrected chi connectivity index (χ1v) is 18.5. The Morgan fingerprint density at radius 3 is 1.77 bits per heavy atom. The molecule has 2 heterocycles. The van der Waals surface area contributed by atoms with Crippen molar-refractivity contribution in [2.45, 2.75) is 19.3 Å². The summed E-state index contributed by atoms with van der Waals surface area (Å²) in [4.78, 5) is 0. The van der Waals surface area contributed by atoms with Crippen molar-refractivity contribution in [2.24, 2.45) is 0 Å². The molecule has 1 aliphatic rings. The lowest BCUT2D eigenvalue weighted by Gasteiger charge is -2.23. The average Bonchev–Trinajstić information content (AvgIpc) is 3.83. The van der Waals surface area contributed by atoms with Gasteiger partial charge < -0.3 is 8.98 Å². The van der Waals surface area contributed by atoms with Gasteiger partial charge in [0, 0.05) is 32.6 Å². The van der Waals surface area contributed by atoms with Gasteiger partial charge in [-0.2, -0.15) is 0 Å². The molecule has 2 heteroatoms. The number of para-hydroxylation sites is 2. The highest BCUT2D eigenvalue weighted by molar-refractivity contribution is 6.26.